The van der Waals surface area contributed by atoms with Crippen LogP contribution in [0.15, 0.2) is 41.0 Å². The van der Waals surface area contributed by atoms with Gasteiger partial charge in [-0.05, 0) is 78.3 Å². The van der Waals surface area contributed by atoms with Gasteiger partial charge < -0.3 is 9.47 Å². The van der Waals surface area contributed by atoms with E-state index < -0.39 is 0 Å². The number of hydrogen-bond acceptors (Lipinski definition) is 11. The molecule has 0 unspecified atom stereocenters. The van der Waals surface area contributed by atoms with Crippen LogP contribution in [0.4, 0.5) is 0 Å². The summed E-state index contributed by atoms with van der Waals surface area (Å²) in [5, 5.41) is 37.7. The zero-order valence-corrected chi connectivity index (χ0v) is 33.3. The summed E-state index contributed by atoms with van der Waals surface area (Å²) in [6.07, 6.45) is 17.8. The van der Waals surface area contributed by atoms with Crippen molar-refractivity contribution in [2.45, 2.75) is 69.6 Å². The minimum Gasteiger partial charge on any atom is -0.495 e. The van der Waals surface area contributed by atoms with E-state index in [9.17, 15) is 21.0 Å². The average Bonchev–Trinajstić information content (AvgIpc) is 4.05. The van der Waals surface area contributed by atoms with E-state index in [4.69, 9.17) is 9.47 Å². The lowest BCUT2D eigenvalue weighted by Gasteiger charge is -2.38. The topological polar surface area (TPSA) is 114 Å². The van der Waals surface area contributed by atoms with Crippen molar-refractivity contribution in [3.05, 3.63) is 66.1 Å². The van der Waals surface area contributed by atoms with Crippen molar-refractivity contribution in [1.82, 2.24) is 0 Å². The minimum atomic E-state index is -0.0949. The Kier molecular flexibility index (Phi) is 8.50. The quantitative estimate of drug-likeness (QED) is 0.158. The zero-order valence-electron chi connectivity index (χ0n) is 29.2. The summed E-state index contributed by atoms with van der Waals surface area (Å²) in [7, 11) is 3.40. The van der Waals surface area contributed by atoms with Crippen LogP contribution in [0.5, 0.6) is 11.5 Å². The lowest BCUT2D eigenvalue weighted by Crippen LogP contribution is -2.28. The molecule has 262 valence electrons. The van der Waals surface area contributed by atoms with E-state index in [2.05, 4.69) is 12.1 Å². The highest BCUT2D eigenvalue weighted by Crippen LogP contribution is 2.72. The molecule has 53 heavy (non-hydrogen) atoms. The molecule has 0 atom stereocenters. The van der Waals surface area contributed by atoms with E-state index in [1.165, 1.54) is 80.6 Å². The molecule has 6 nitrogen and oxygen atoms in total. The van der Waals surface area contributed by atoms with E-state index in [1.807, 2.05) is 70.4 Å². The van der Waals surface area contributed by atoms with Gasteiger partial charge in [-0.15, -0.1) is 56.7 Å². The summed E-state index contributed by atoms with van der Waals surface area (Å²) < 4.78 is 17.3. The van der Waals surface area contributed by atoms with Gasteiger partial charge in [-0.2, -0.15) is 21.0 Å². The van der Waals surface area contributed by atoms with Gasteiger partial charge in [0.05, 0.1) is 43.0 Å². The number of fused-ring (bicyclic) bond motifs is 9. The molecule has 5 heterocycles. The largest absolute Gasteiger partial charge is 0.495 e. The van der Waals surface area contributed by atoms with Crippen molar-refractivity contribution in [2.24, 2.45) is 5.41 Å². The number of allylic oxidation sites excluding steroid dienone is 6. The lowest BCUT2D eigenvalue weighted by atomic mass is 9.66. The molecule has 0 aromatic carbocycles. The lowest BCUT2D eigenvalue weighted by molar-refractivity contribution is 0.347. The summed E-state index contributed by atoms with van der Waals surface area (Å²) in [5.74, 6) is 1.58. The predicted molar refractivity (Wildman–Crippen MR) is 219 cm³/mol. The summed E-state index contributed by atoms with van der Waals surface area (Å²) in [6.45, 7) is 0. The third kappa shape index (κ3) is 5.06. The Bertz CT molecular complexity index is 2630. The molecule has 0 amide bonds. The average molecular weight is 785 g/mol. The van der Waals surface area contributed by atoms with Gasteiger partial charge in [0.2, 0.25) is 0 Å². The van der Waals surface area contributed by atoms with Crippen LogP contribution in [0.3, 0.4) is 0 Å². The molecule has 11 heteroatoms. The molecule has 5 aromatic heterocycles. The number of thiophene rings is 5. The Labute approximate surface area is 328 Å². The monoisotopic (exact) mass is 784 g/mol. The van der Waals surface area contributed by atoms with Gasteiger partial charge in [0.15, 0.2) is 0 Å². The first-order chi connectivity index (χ1) is 25.9. The van der Waals surface area contributed by atoms with Crippen molar-refractivity contribution < 1.29 is 9.47 Å². The summed E-state index contributed by atoms with van der Waals surface area (Å²) in [6, 6.07) is 14.2. The Balaban J connectivity index is 1.21. The molecule has 9 rings (SSSR count). The van der Waals surface area contributed by atoms with E-state index in [1.54, 1.807) is 65.8 Å². The third-order valence-corrected chi connectivity index (χ3v) is 17.8. The normalized spacial score (nSPS) is 17.9. The van der Waals surface area contributed by atoms with Gasteiger partial charge in [-0.3, -0.25) is 0 Å². The highest BCUT2D eigenvalue weighted by Gasteiger charge is 2.57. The fraction of sp³-hybridized carbons (Fsp3) is 0.333. The smallest absolute Gasteiger partial charge is 0.138 e. The minimum absolute atomic E-state index is 0.00256. The molecule has 0 N–H and O–H groups in total. The number of methoxy groups -OCH3 is 2. The van der Waals surface area contributed by atoms with Crippen LogP contribution < -0.4 is 9.47 Å². The van der Waals surface area contributed by atoms with Gasteiger partial charge >= 0.3 is 0 Å². The Morgan fingerprint density at radius 2 is 1.19 bits per heavy atom. The van der Waals surface area contributed by atoms with E-state index >= 15 is 0 Å². The van der Waals surface area contributed by atoms with Crippen LogP contribution in [-0.4, -0.2) is 14.2 Å². The molecule has 0 bridgehead atoms. The summed E-state index contributed by atoms with van der Waals surface area (Å²) >= 11 is 8.98. The third-order valence-electron chi connectivity index (χ3n) is 11.6. The Morgan fingerprint density at radius 3 is 1.77 bits per heavy atom. The number of hydrogen-bond donors (Lipinski definition) is 0. The Hall–Kier alpha value is -4.46. The van der Waals surface area contributed by atoms with Crippen molar-refractivity contribution in [3.8, 4) is 45.5 Å². The second kappa shape index (κ2) is 13.1. The van der Waals surface area contributed by atoms with Crippen molar-refractivity contribution in [1.29, 1.82) is 21.0 Å². The summed E-state index contributed by atoms with van der Waals surface area (Å²) in [4.78, 5) is 6.50. The van der Waals surface area contributed by atoms with Crippen LogP contribution >= 0.6 is 56.7 Å². The number of nitriles is 4. The standard InChI is InChI=1S/C42H32N4O2S5/c1-47-29-15-25(13-23(19-43)20-44)49-35(29)28-17-27-33(42(28)11-7-4-8-12-42)38-34(41(27)9-5-3-6-10-41)39-40(53-38)37-32(52-39)18-31(51-37)36-30(48-2)16-26(50-36)14-24(21-45)22-46/h13-18H,3-12H2,1-2H3. The van der Waals surface area contributed by atoms with Crippen molar-refractivity contribution in [3.63, 3.8) is 0 Å². The Morgan fingerprint density at radius 1 is 0.623 bits per heavy atom. The van der Waals surface area contributed by atoms with Crippen LogP contribution in [0.1, 0.15) is 89.3 Å². The van der Waals surface area contributed by atoms with Gasteiger partial charge in [-0.25, -0.2) is 0 Å². The highest BCUT2D eigenvalue weighted by molar-refractivity contribution is 7.40. The second-order valence-electron chi connectivity index (χ2n) is 14.2. The first-order valence-corrected chi connectivity index (χ1v) is 21.9. The first kappa shape index (κ1) is 34.3. The molecule has 2 saturated carbocycles. The fourth-order valence-electron chi connectivity index (χ4n) is 9.39. The molecular formula is C42H32N4O2S5. The molecule has 2 spiro atoms. The first-order valence-electron chi connectivity index (χ1n) is 17.8. The van der Waals surface area contributed by atoms with Crippen molar-refractivity contribution in [2.75, 3.05) is 14.2 Å². The van der Waals surface area contributed by atoms with E-state index in [0.717, 1.165) is 48.7 Å². The molecule has 2 fully saturated rings. The molecule has 0 radical (unpaired) electrons. The number of nitrogens with zero attached hydrogens (tertiary/aromatic N) is 4. The van der Waals surface area contributed by atoms with E-state index in [-0.39, 0.29) is 22.0 Å². The molecule has 0 aliphatic heterocycles. The molecular weight excluding hydrogens is 753 g/mol. The van der Waals surface area contributed by atoms with Gasteiger partial charge in [0.25, 0.3) is 0 Å². The summed E-state index contributed by atoms with van der Waals surface area (Å²) in [5.41, 5.74) is 6.18. The second-order valence-corrected chi connectivity index (χ2v) is 19.5. The zero-order chi connectivity index (χ0) is 36.5. The molecule has 5 aromatic rings. The number of rotatable bonds is 6. The van der Waals surface area contributed by atoms with Crippen LogP contribution in [0, 0.1) is 50.7 Å². The number of ether oxygens (including phenoxy) is 2. The van der Waals surface area contributed by atoms with Gasteiger partial charge in [0.1, 0.15) is 46.9 Å². The maximum atomic E-state index is 9.50. The van der Waals surface area contributed by atoms with Gasteiger partial charge in [0, 0.05) is 30.2 Å². The van der Waals surface area contributed by atoms with Crippen LogP contribution in [0.25, 0.3) is 51.9 Å². The van der Waals surface area contributed by atoms with Crippen molar-refractivity contribution >= 4 is 98.8 Å². The van der Waals surface area contributed by atoms with Crippen LogP contribution in [-0.2, 0) is 5.41 Å². The van der Waals surface area contributed by atoms with Crippen LogP contribution in [0.2, 0.25) is 0 Å². The predicted octanol–water partition coefficient (Wildman–Crippen LogP) is 12.9. The molecule has 0 saturated heterocycles. The molecule has 4 aliphatic rings. The van der Waals surface area contributed by atoms with E-state index in [0.29, 0.717) is 0 Å². The maximum Gasteiger partial charge on any atom is 0.138 e. The van der Waals surface area contributed by atoms with Gasteiger partial charge in [-0.1, -0.05) is 44.6 Å². The molecule has 4 aliphatic carbocycles. The fourth-order valence-corrected chi connectivity index (χ4v) is 16.4. The maximum absolute atomic E-state index is 9.50. The highest BCUT2D eigenvalue weighted by atomic mass is 32.1. The SMILES string of the molecule is COc1cc(C=C(C#N)C#N)sc1C1=CC2=C(c3sc4c(sc5cc(-c6sc(C=C(C#N)C#N)cc6OC)sc54)c3C23CCCCC3)C12CCCCC2.